The Kier molecular flexibility index (Phi) is 1.26. The average Bonchev–Trinajstić information content (AvgIpc) is 2.66. The Morgan fingerprint density at radius 3 is 2.41 bits per heavy atom. The summed E-state index contributed by atoms with van der Waals surface area (Å²) in [5.74, 6) is 1.78. The third kappa shape index (κ3) is 0.845. The number of aromatic nitrogens is 1. The number of hydrogen-bond donors (Lipinski definition) is 1. The van der Waals surface area contributed by atoms with E-state index in [1.54, 1.807) is 11.1 Å². The Morgan fingerprint density at radius 1 is 0.824 bits per heavy atom. The van der Waals surface area contributed by atoms with Crippen molar-refractivity contribution in [2.75, 3.05) is 0 Å². The fourth-order valence-electron chi connectivity index (χ4n) is 3.72. The van der Waals surface area contributed by atoms with E-state index < -0.39 is 0 Å². The zero-order valence-electron chi connectivity index (χ0n) is 9.53. The number of hydrogen-bond acceptors (Lipinski definition) is 0. The molecule has 0 spiro atoms. The summed E-state index contributed by atoms with van der Waals surface area (Å²) in [6, 6.07) is 13.4. The fraction of sp³-hybridized carbons (Fsp3) is 0.250. The first-order valence-electron chi connectivity index (χ1n) is 6.46. The molecule has 1 N–H and O–H groups in total. The lowest BCUT2D eigenvalue weighted by Crippen LogP contribution is -2.32. The lowest BCUT2D eigenvalue weighted by molar-refractivity contribution is 0.295. The van der Waals surface area contributed by atoms with Crippen molar-refractivity contribution in [2.45, 2.75) is 24.7 Å². The maximum Gasteiger partial charge on any atom is 0.0467 e. The van der Waals surface area contributed by atoms with Crippen molar-refractivity contribution in [1.29, 1.82) is 0 Å². The van der Waals surface area contributed by atoms with Crippen LogP contribution in [0.25, 0.3) is 21.8 Å². The molecule has 0 aliphatic heterocycles. The highest BCUT2D eigenvalue weighted by Crippen LogP contribution is 2.60. The number of fused-ring (bicyclic) bond motifs is 7. The van der Waals surface area contributed by atoms with E-state index in [0.29, 0.717) is 0 Å². The molecular formula is C16H13N. The van der Waals surface area contributed by atoms with Gasteiger partial charge in [-0.15, -0.1) is 0 Å². The molecule has 1 saturated carbocycles. The minimum Gasteiger partial charge on any atom is -0.355 e. The molecule has 2 atom stereocenters. The van der Waals surface area contributed by atoms with Gasteiger partial charge in [-0.05, 0) is 54.0 Å². The SMILES string of the molecule is c1ccc2c(c1)[nH]c1cc3c(cc12)C1CCC31. The monoisotopic (exact) mass is 219 g/mol. The molecule has 1 heteroatoms. The van der Waals surface area contributed by atoms with Gasteiger partial charge in [-0.1, -0.05) is 18.2 Å². The van der Waals surface area contributed by atoms with Gasteiger partial charge in [-0.2, -0.15) is 0 Å². The molecule has 1 fully saturated rings. The van der Waals surface area contributed by atoms with Crippen LogP contribution in [0.4, 0.5) is 0 Å². The van der Waals surface area contributed by atoms with Gasteiger partial charge in [0.05, 0.1) is 0 Å². The summed E-state index contributed by atoms with van der Waals surface area (Å²) in [5, 5.41) is 2.78. The van der Waals surface area contributed by atoms with Gasteiger partial charge in [0.2, 0.25) is 0 Å². The number of para-hydroxylation sites is 1. The molecule has 3 aromatic rings. The number of H-pyrrole nitrogens is 1. The minimum atomic E-state index is 0.890. The van der Waals surface area contributed by atoms with E-state index in [2.05, 4.69) is 41.4 Å². The number of aromatic amines is 1. The predicted molar refractivity (Wildman–Crippen MR) is 70.5 cm³/mol. The average molecular weight is 219 g/mol. The van der Waals surface area contributed by atoms with Gasteiger partial charge < -0.3 is 4.98 Å². The van der Waals surface area contributed by atoms with Crippen molar-refractivity contribution >= 4 is 21.8 Å². The molecule has 1 nitrogen and oxygen atoms in total. The van der Waals surface area contributed by atoms with Crippen molar-refractivity contribution in [2.24, 2.45) is 0 Å². The van der Waals surface area contributed by atoms with Gasteiger partial charge >= 0.3 is 0 Å². The van der Waals surface area contributed by atoms with Crippen LogP contribution in [0.15, 0.2) is 36.4 Å². The van der Waals surface area contributed by atoms with E-state index in [1.165, 1.54) is 34.6 Å². The summed E-state index contributed by atoms with van der Waals surface area (Å²) < 4.78 is 0. The van der Waals surface area contributed by atoms with Crippen LogP contribution >= 0.6 is 0 Å². The largest absolute Gasteiger partial charge is 0.355 e. The van der Waals surface area contributed by atoms with Gasteiger partial charge in [-0.25, -0.2) is 0 Å². The van der Waals surface area contributed by atoms with E-state index >= 15 is 0 Å². The van der Waals surface area contributed by atoms with E-state index in [1.807, 2.05) is 0 Å². The lowest BCUT2D eigenvalue weighted by atomic mass is 9.56. The highest BCUT2D eigenvalue weighted by molar-refractivity contribution is 6.08. The molecule has 2 aromatic carbocycles. The van der Waals surface area contributed by atoms with E-state index in [-0.39, 0.29) is 0 Å². The number of nitrogens with one attached hydrogen (secondary N) is 1. The van der Waals surface area contributed by atoms with Gasteiger partial charge in [0.15, 0.2) is 0 Å². The quantitative estimate of drug-likeness (QED) is 0.580. The van der Waals surface area contributed by atoms with Gasteiger partial charge in [0.1, 0.15) is 0 Å². The van der Waals surface area contributed by atoms with Crippen LogP contribution < -0.4 is 0 Å². The third-order valence-electron chi connectivity index (χ3n) is 4.78. The van der Waals surface area contributed by atoms with Crippen molar-refractivity contribution < 1.29 is 0 Å². The summed E-state index contributed by atoms with van der Waals surface area (Å²) in [5.41, 5.74) is 5.81. The summed E-state index contributed by atoms with van der Waals surface area (Å²) in [7, 11) is 0. The van der Waals surface area contributed by atoms with Gasteiger partial charge in [0, 0.05) is 21.8 Å². The Labute approximate surface area is 99.5 Å². The third-order valence-corrected chi connectivity index (χ3v) is 4.78. The second-order valence-corrected chi connectivity index (χ2v) is 5.49. The van der Waals surface area contributed by atoms with Crippen LogP contribution in [0.5, 0.6) is 0 Å². The highest BCUT2D eigenvalue weighted by atomic mass is 14.7. The van der Waals surface area contributed by atoms with Crippen LogP contribution in [0.2, 0.25) is 0 Å². The van der Waals surface area contributed by atoms with Crippen LogP contribution in [0.3, 0.4) is 0 Å². The van der Waals surface area contributed by atoms with Crippen molar-refractivity contribution in [1.82, 2.24) is 4.98 Å². The molecule has 1 aromatic heterocycles. The molecule has 2 aliphatic carbocycles. The molecular weight excluding hydrogens is 206 g/mol. The Bertz CT molecular complexity index is 766. The Hall–Kier alpha value is -1.76. The zero-order valence-corrected chi connectivity index (χ0v) is 9.53. The predicted octanol–water partition coefficient (Wildman–Crippen LogP) is 4.30. The van der Waals surface area contributed by atoms with Crippen LogP contribution in [-0.2, 0) is 0 Å². The Balaban J connectivity index is 1.94. The van der Waals surface area contributed by atoms with E-state index in [4.69, 9.17) is 0 Å². The molecule has 2 unspecified atom stereocenters. The summed E-state index contributed by atoms with van der Waals surface area (Å²) >= 11 is 0. The molecule has 82 valence electrons. The normalized spacial score (nSPS) is 25.2. The lowest BCUT2D eigenvalue weighted by Gasteiger charge is -2.48. The topological polar surface area (TPSA) is 15.8 Å². The number of rotatable bonds is 0. The first-order chi connectivity index (χ1) is 8.42. The molecule has 0 saturated heterocycles. The second kappa shape index (κ2) is 2.56. The van der Waals surface area contributed by atoms with Crippen LogP contribution in [0.1, 0.15) is 35.8 Å². The maximum atomic E-state index is 3.54. The molecule has 5 rings (SSSR count). The van der Waals surface area contributed by atoms with E-state index in [0.717, 1.165) is 11.8 Å². The number of benzene rings is 2. The van der Waals surface area contributed by atoms with Gasteiger partial charge in [0.25, 0.3) is 0 Å². The van der Waals surface area contributed by atoms with Crippen LogP contribution in [-0.4, -0.2) is 4.98 Å². The Morgan fingerprint density at radius 2 is 1.59 bits per heavy atom. The second-order valence-electron chi connectivity index (χ2n) is 5.49. The summed E-state index contributed by atoms with van der Waals surface area (Å²) in [6.07, 6.45) is 2.81. The van der Waals surface area contributed by atoms with Crippen molar-refractivity contribution in [3.05, 3.63) is 47.5 Å². The van der Waals surface area contributed by atoms with Gasteiger partial charge in [-0.3, -0.25) is 0 Å². The molecule has 0 radical (unpaired) electrons. The maximum absolute atomic E-state index is 3.54. The minimum absolute atomic E-state index is 0.890. The highest BCUT2D eigenvalue weighted by Gasteiger charge is 2.44. The molecule has 2 aliphatic rings. The van der Waals surface area contributed by atoms with Crippen molar-refractivity contribution in [3.8, 4) is 0 Å². The zero-order chi connectivity index (χ0) is 11.0. The standard InChI is InChI=1S/C16H13N/c1-2-4-15-11(3-1)14-7-12-9-5-6-10(9)13(12)8-16(14)17-15/h1-4,7-10,17H,5-6H2. The molecule has 17 heavy (non-hydrogen) atoms. The molecule has 0 bridgehead atoms. The fourth-order valence-corrected chi connectivity index (χ4v) is 3.72. The van der Waals surface area contributed by atoms with E-state index in [9.17, 15) is 0 Å². The molecule has 0 amide bonds. The first kappa shape index (κ1) is 8.35. The summed E-state index contributed by atoms with van der Waals surface area (Å²) in [6.45, 7) is 0. The first-order valence-corrected chi connectivity index (χ1v) is 6.46. The molecule has 1 heterocycles. The van der Waals surface area contributed by atoms with Crippen molar-refractivity contribution in [3.63, 3.8) is 0 Å². The smallest absolute Gasteiger partial charge is 0.0467 e. The van der Waals surface area contributed by atoms with Crippen LogP contribution in [0, 0.1) is 0 Å². The summed E-state index contributed by atoms with van der Waals surface area (Å²) in [4.78, 5) is 3.54.